The summed E-state index contributed by atoms with van der Waals surface area (Å²) in [5, 5.41) is 3.41. The number of esters is 1. The van der Waals surface area contributed by atoms with E-state index >= 15 is 0 Å². The standard InChI is InChI=1S/C42H68N2O7/c1-25(2)33-29(46)24-42(43-35(47)50-27-16-22-44(23-17-27)36(48)51-37(4,5)6)21-20-40(10)28(34(33)42)12-13-31-39(9)18-15-32(49-26(3)45)38(7,8)30(39)14-19-41(31,40)11/h25,27-28,30-34H,12-24H2,1-11H3,(H,43,47)/t28?,30?,31?,32-,33?,34?,39-,40+,41+,42?/m0/s1. The number of hydrogen-bond donors (Lipinski definition) is 1. The summed E-state index contributed by atoms with van der Waals surface area (Å²) < 4.78 is 17.6. The summed E-state index contributed by atoms with van der Waals surface area (Å²) in [4.78, 5) is 54.2. The number of nitrogens with one attached hydrogen (secondary N) is 1. The van der Waals surface area contributed by atoms with Gasteiger partial charge in [-0.2, -0.15) is 0 Å². The average molecular weight is 713 g/mol. The minimum Gasteiger partial charge on any atom is -0.462 e. The van der Waals surface area contributed by atoms with Gasteiger partial charge in [0.25, 0.3) is 0 Å². The van der Waals surface area contributed by atoms with Crippen LogP contribution in [0.15, 0.2) is 0 Å². The van der Waals surface area contributed by atoms with Gasteiger partial charge in [-0.15, -0.1) is 0 Å². The van der Waals surface area contributed by atoms with Gasteiger partial charge in [0.1, 0.15) is 23.6 Å². The molecule has 0 aromatic carbocycles. The molecular weight excluding hydrogens is 644 g/mol. The number of carbonyl (C=O) groups excluding carboxylic acids is 4. The minimum atomic E-state index is -0.598. The van der Waals surface area contributed by atoms with Crippen molar-refractivity contribution in [2.75, 3.05) is 13.1 Å². The van der Waals surface area contributed by atoms with Crippen LogP contribution in [-0.2, 0) is 23.8 Å². The van der Waals surface area contributed by atoms with Crippen LogP contribution in [0.4, 0.5) is 9.59 Å². The van der Waals surface area contributed by atoms with Crippen molar-refractivity contribution in [1.29, 1.82) is 0 Å². The van der Waals surface area contributed by atoms with E-state index in [4.69, 9.17) is 14.2 Å². The lowest BCUT2D eigenvalue weighted by Crippen LogP contribution is -2.69. The molecule has 6 rings (SSSR count). The van der Waals surface area contributed by atoms with Crippen LogP contribution in [-0.4, -0.2) is 65.3 Å². The molecule has 5 aliphatic carbocycles. The number of rotatable bonds is 4. The maximum absolute atomic E-state index is 14.0. The van der Waals surface area contributed by atoms with Crippen molar-refractivity contribution in [2.45, 2.75) is 170 Å². The predicted molar refractivity (Wildman–Crippen MR) is 196 cm³/mol. The van der Waals surface area contributed by atoms with Crippen LogP contribution >= 0.6 is 0 Å². The van der Waals surface area contributed by atoms with Gasteiger partial charge in [-0.05, 0) is 118 Å². The first-order valence-electron chi connectivity index (χ1n) is 20.2. The highest BCUT2D eigenvalue weighted by atomic mass is 16.6. The molecule has 9 heteroatoms. The molecule has 10 atom stereocenters. The van der Waals surface area contributed by atoms with Gasteiger partial charge in [0.2, 0.25) is 0 Å². The van der Waals surface area contributed by atoms with E-state index in [0.29, 0.717) is 55.9 Å². The molecule has 2 amide bonds. The van der Waals surface area contributed by atoms with E-state index in [9.17, 15) is 19.2 Å². The topological polar surface area (TPSA) is 111 Å². The third-order valence-corrected chi connectivity index (χ3v) is 16.0. The number of alkyl carbamates (subject to hydrolysis) is 1. The highest BCUT2D eigenvalue weighted by Gasteiger charge is 2.72. The first-order valence-corrected chi connectivity index (χ1v) is 20.2. The molecule has 0 radical (unpaired) electrons. The number of hydrogen-bond acceptors (Lipinski definition) is 7. The van der Waals surface area contributed by atoms with Gasteiger partial charge in [0.05, 0.1) is 5.54 Å². The summed E-state index contributed by atoms with van der Waals surface area (Å²) >= 11 is 0. The molecule has 6 aliphatic rings. The molecule has 0 spiro atoms. The van der Waals surface area contributed by atoms with Gasteiger partial charge in [-0.25, -0.2) is 9.59 Å². The van der Waals surface area contributed by atoms with Crippen molar-refractivity contribution in [1.82, 2.24) is 10.2 Å². The molecule has 0 aromatic rings. The SMILES string of the molecule is CC(=O)O[C@H]1CC[C@@]2(C)C(CC[C@]3(C)C2CCC2C4C(C(C)C)C(=O)CC4(NC(=O)OC4CCN(C(=O)OC(C)(C)C)CC4)CC[C@]23C)C1(C)C. The van der Waals surface area contributed by atoms with Gasteiger partial charge in [0, 0.05) is 50.6 Å². The van der Waals surface area contributed by atoms with E-state index in [-0.39, 0.29) is 63.7 Å². The second kappa shape index (κ2) is 12.9. The Hall–Kier alpha value is -2.32. The molecule has 288 valence electrons. The minimum absolute atomic E-state index is 0.0345. The summed E-state index contributed by atoms with van der Waals surface area (Å²) in [6.07, 6.45) is 8.64. The molecule has 6 fully saturated rings. The third kappa shape index (κ3) is 6.30. The maximum Gasteiger partial charge on any atom is 0.410 e. The highest BCUT2D eigenvalue weighted by Crippen LogP contribution is 2.76. The molecular formula is C42H68N2O7. The first kappa shape index (κ1) is 38.4. The number of ether oxygens (including phenoxy) is 3. The molecule has 0 aromatic heterocycles. The largest absolute Gasteiger partial charge is 0.462 e. The Kier molecular flexibility index (Phi) is 9.73. The Morgan fingerprint density at radius 3 is 2.10 bits per heavy atom. The summed E-state index contributed by atoms with van der Waals surface area (Å²) in [5.41, 5.74) is -0.949. The van der Waals surface area contributed by atoms with E-state index in [1.807, 2.05) is 20.8 Å². The Morgan fingerprint density at radius 2 is 1.49 bits per heavy atom. The van der Waals surface area contributed by atoms with Crippen molar-refractivity contribution in [2.24, 2.45) is 57.2 Å². The van der Waals surface area contributed by atoms with E-state index in [1.54, 1.807) is 4.90 Å². The number of nitrogens with zero attached hydrogens (tertiary/aromatic N) is 1. The zero-order chi connectivity index (χ0) is 37.5. The van der Waals surface area contributed by atoms with Crippen molar-refractivity contribution < 1.29 is 33.4 Å². The van der Waals surface area contributed by atoms with Crippen LogP contribution in [0.3, 0.4) is 0 Å². The molecule has 0 bridgehead atoms. The van der Waals surface area contributed by atoms with Crippen molar-refractivity contribution >= 4 is 23.9 Å². The molecule has 1 N–H and O–H groups in total. The summed E-state index contributed by atoms with van der Waals surface area (Å²) in [6.45, 7) is 24.8. The molecule has 1 heterocycles. The zero-order valence-corrected chi connectivity index (χ0v) is 33.6. The van der Waals surface area contributed by atoms with Crippen LogP contribution in [0.25, 0.3) is 0 Å². The van der Waals surface area contributed by atoms with Crippen LogP contribution in [0.5, 0.6) is 0 Å². The van der Waals surface area contributed by atoms with Gasteiger partial charge >= 0.3 is 18.2 Å². The number of Topliss-reactive ketones (excluding diaryl/α,β-unsaturated/α-hetero) is 1. The van der Waals surface area contributed by atoms with Gasteiger partial charge < -0.3 is 24.4 Å². The van der Waals surface area contributed by atoms with Crippen molar-refractivity contribution in [3.63, 3.8) is 0 Å². The molecule has 5 saturated carbocycles. The Bertz CT molecular complexity index is 1400. The summed E-state index contributed by atoms with van der Waals surface area (Å²) in [5.74, 6) is 1.65. The van der Waals surface area contributed by atoms with Gasteiger partial charge in [-0.1, -0.05) is 48.5 Å². The van der Waals surface area contributed by atoms with E-state index in [2.05, 4.69) is 53.8 Å². The fourth-order valence-electron chi connectivity index (χ4n) is 13.7. The highest BCUT2D eigenvalue weighted by molar-refractivity contribution is 5.87. The number of amides is 2. The predicted octanol–water partition coefficient (Wildman–Crippen LogP) is 8.71. The maximum atomic E-state index is 14.0. The lowest BCUT2D eigenvalue weighted by Gasteiger charge is -2.73. The number of ketones is 1. The smallest absolute Gasteiger partial charge is 0.410 e. The van der Waals surface area contributed by atoms with E-state index in [1.165, 1.54) is 6.92 Å². The lowest BCUT2D eigenvalue weighted by molar-refractivity contribution is -0.247. The number of carbonyl (C=O) groups is 4. The van der Waals surface area contributed by atoms with Crippen LogP contribution in [0, 0.1) is 57.2 Å². The first-order chi connectivity index (χ1) is 23.6. The quantitative estimate of drug-likeness (QED) is 0.229. The van der Waals surface area contributed by atoms with Crippen molar-refractivity contribution in [3.05, 3.63) is 0 Å². The zero-order valence-electron chi connectivity index (χ0n) is 33.6. The summed E-state index contributed by atoms with van der Waals surface area (Å²) in [7, 11) is 0. The average Bonchev–Trinajstić information content (AvgIpc) is 3.30. The van der Waals surface area contributed by atoms with Crippen LogP contribution in [0.2, 0.25) is 0 Å². The second-order valence-electron chi connectivity index (χ2n) is 20.4. The monoisotopic (exact) mass is 713 g/mol. The van der Waals surface area contributed by atoms with Crippen molar-refractivity contribution in [3.8, 4) is 0 Å². The van der Waals surface area contributed by atoms with Crippen LogP contribution in [0.1, 0.15) is 147 Å². The molecule has 6 unspecified atom stereocenters. The lowest BCUT2D eigenvalue weighted by atomic mass is 9.32. The number of piperidine rings is 1. The Morgan fingerprint density at radius 1 is 0.824 bits per heavy atom. The van der Waals surface area contributed by atoms with Gasteiger partial charge in [-0.3, -0.25) is 9.59 Å². The van der Waals surface area contributed by atoms with Gasteiger partial charge in [0.15, 0.2) is 0 Å². The third-order valence-electron chi connectivity index (χ3n) is 16.0. The molecule has 51 heavy (non-hydrogen) atoms. The molecule has 9 nitrogen and oxygen atoms in total. The second-order valence-corrected chi connectivity index (χ2v) is 20.4. The van der Waals surface area contributed by atoms with Crippen LogP contribution < -0.4 is 5.32 Å². The van der Waals surface area contributed by atoms with E-state index < -0.39 is 17.2 Å². The normalized spacial score (nSPS) is 42.2. The number of likely N-dealkylation sites (tertiary alicyclic amines) is 1. The molecule has 1 saturated heterocycles. The number of fused-ring (bicyclic) bond motifs is 7. The Labute approximate surface area is 307 Å². The Balaban J connectivity index is 1.21. The summed E-state index contributed by atoms with van der Waals surface area (Å²) in [6, 6.07) is 0. The molecule has 1 aliphatic heterocycles. The fourth-order valence-corrected chi connectivity index (χ4v) is 13.7. The fraction of sp³-hybridized carbons (Fsp3) is 0.905. The van der Waals surface area contributed by atoms with E-state index in [0.717, 1.165) is 51.4 Å².